The summed E-state index contributed by atoms with van der Waals surface area (Å²) in [7, 11) is 1.61. The van der Waals surface area contributed by atoms with Crippen LogP contribution in [-0.2, 0) is 6.54 Å². The quantitative estimate of drug-likeness (QED) is 0.259. The van der Waals surface area contributed by atoms with Crippen LogP contribution < -0.4 is 10.9 Å². The van der Waals surface area contributed by atoms with Crippen molar-refractivity contribution in [3.05, 3.63) is 119 Å². The molecule has 0 aliphatic rings. The van der Waals surface area contributed by atoms with E-state index in [4.69, 9.17) is 17.0 Å². The lowest BCUT2D eigenvalue weighted by Gasteiger charge is -2.11. The summed E-state index contributed by atoms with van der Waals surface area (Å²) in [6.07, 6.45) is 1.95. The van der Waals surface area contributed by atoms with Crippen LogP contribution >= 0.6 is 11.6 Å². The molecule has 6 nitrogen and oxygen atoms in total. The molecule has 37 heavy (non-hydrogen) atoms. The van der Waals surface area contributed by atoms with E-state index < -0.39 is 0 Å². The number of carbonyl (C=O) groups excluding carboxylic acids is 1. The molecule has 182 valence electrons. The van der Waals surface area contributed by atoms with Crippen molar-refractivity contribution in [2.75, 3.05) is 7.05 Å². The van der Waals surface area contributed by atoms with Gasteiger partial charge in [0.2, 0.25) is 5.62 Å². The Kier molecular flexibility index (Phi) is 5.66. The Balaban J connectivity index is 1.45. The molecule has 0 bridgehead atoms. The number of hydrogen-bond acceptors (Lipinski definition) is 2. The maximum absolute atomic E-state index is 12.4. The molecule has 0 radical (unpaired) electrons. The van der Waals surface area contributed by atoms with Crippen LogP contribution in [0.3, 0.4) is 0 Å². The van der Waals surface area contributed by atoms with Gasteiger partial charge in [-0.25, -0.2) is 0 Å². The number of carbonyl (C=O) groups is 1. The second-order valence-corrected chi connectivity index (χ2v) is 9.34. The number of nitrogens with one attached hydrogen (secondary N) is 3. The van der Waals surface area contributed by atoms with Crippen molar-refractivity contribution in [3.8, 4) is 16.8 Å². The van der Waals surface area contributed by atoms with E-state index in [-0.39, 0.29) is 5.91 Å². The number of aromatic nitrogens is 3. The van der Waals surface area contributed by atoms with Crippen LogP contribution in [0.25, 0.3) is 38.8 Å². The van der Waals surface area contributed by atoms with E-state index in [0.717, 1.165) is 44.3 Å². The molecule has 2 heterocycles. The molecule has 0 unspecified atom stereocenters. The van der Waals surface area contributed by atoms with Crippen molar-refractivity contribution in [3.63, 3.8) is 0 Å². The molecule has 0 saturated carbocycles. The Morgan fingerprint density at radius 3 is 2.51 bits per heavy atom. The smallest absolute Gasteiger partial charge is 0.251 e. The average Bonchev–Trinajstić information content (AvgIpc) is 3.52. The molecule has 0 aliphatic carbocycles. The van der Waals surface area contributed by atoms with E-state index in [1.807, 2.05) is 63.9 Å². The number of amides is 1. The Morgan fingerprint density at radius 2 is 1.73 bits per heavy atom. The normalized spacial score (nSPS) is 11.3. The fourth-order valence-corrected chi connectivity index (χ4v) is 5.16. The molecule has 2 aromatic heterocycles. The number of aromatic amines is 1. The van der Waals surface area contributed by atoms with E-state index in [0.29, 0.717) is 22.7 Å². The summed E-state index contributed by atoms with van der Waals surface area (Å²) in [4.78, 5) is 15.7. The summed E-state index contributed by atoms with van der Waals surface area (Å²) in [6, 6.07) is 29.5. The Morgan fingerprint density at radius 1 is 0.946 bits per heavy atom. The molecule has 7 heteroatoms. The SMILES string of the molecule is CNC(=O)c1ccc(Cl)cc1-c1ccc(-n2c(=N)n(Cc3cccc4[nH]ccc34)c3ccccc32)cc1. The van der Waals surface area contributed by atoms with Crippen molar-refractivity contribution >= 4 is 39.4 Å². The van der Waals surface area contributed by atoms with Crippen LogP contribution in [0, 0.1) is 5.41 Å². The van der Waals surface area contributed by atoms with Gasteiger partial charge in [-0.15, -0.1) is 0 Å². The van der Waals surface area contributed by atoms with E-state index >= 15 is 0 Å². The summed E-state index contributed by atoms with van der Waals surface area (Å²) in [5.74, 6) is -0.168. The standard InChI is InChI=1S/C30H24ClN5O/c1-33-29(37)24-14-11-21(31)17-25(24)19-9-12-22(13-10-19)36-28-8-3-2-7-27(28)35(30(36)32)18-20-5-4-6-26-23(20)15-16-34-26/h2-17,32,34H,18H2,1H3,(H,33,37). The molecule has 3 N–H and O–H groups in total. The monoisotopic (exact) mass is 505 g/mol. The maximum atomic E-state index is 12.4. The molecule has 0 spiro atoms. The molecule has 0 aliphatic heterocycles. The van der Waals surface area contributed by atoms with Gasteiger partial charge in [-0.3, -0.25) is 14.8 Å². The first-order valence-electron chi connectivity index (χ1n) is 12.0. The largest absolute Gasteiger partial charge is 0.361 e. The zero-order valence-corrected chi connectivity index (χ0v) is 20.9. The number of imidazole rings is 1. The minimum absolute atomic E-state index is 0.168. The third-order valence-electron chi connectivity index (χ3n) is 6.78. The second-order valence-electron chi connectivity index (χ2n) is 8.91. The molecule has 6 aromatic rings. The molecule has 0 atom stereocenters. The van der Waals surface area contributed by atoms with Crippen molar-refractivity contribution in [1.82, 2.24) is 19.4 Å². The van der Waals surface area contributed by atoms with Crippen molar-refractivity contribution in [2.45, 2.75) is 6.54 Å². The molecule has 0 fully saturated rings. The first-order valence-corrected chi connectivity index (χ1v) is 12.4. The lowest BCUT2D eigenvalue weighted by Crippen LogP contribution is -2.24. The van der Waals surface area contributed by atoms with Gasteiger partial charge in [-0.1, -0.05) is 48.0 Å². The number of H-pyrrole nitrogens is 1. The summed E-state index contributed by atoms with van der Waals surface area (Å²) in [5, 5.41) is 13.6. The van der Waals surface area contributed by atoms with E-state index in [9.17, 15) is 4.79 Å². The lowest BCUT2D eigenvalue weighted by atomic mass is 9.99. The molecular formula is C30H24ClN5O. The summed E-state index contributed by atoms with van der Waals surface area (Å²) in [6.45, 7) is 0.581. The maximum Gasteiger partial charge on any atom is 0.251 e. The first-order chi connectivity index (χ1) is 18.0. The third kappa shape index (κ3) is 3.92. The van der Waals surface area contributed by atoms with Crippen LogP contribution in [0.4, 0.5) is 0 Å². The number of halogens is 1. The highest BCUT2D eigenvalue weighted by Crippen LogP contribution is 2.29. The Labute approximate surface area is 218 Å². The van der Waals surface area contributed by atoms with Gasteiger partial charge < -0.3 is 14.9 Å². The summed E-state index contributed by atoms with van der Waals surface area (Å²) in [5.41, 5.74) is 7.62. The topological polar surface area (TPSA) is 78.6 Å². The first kappa shape index (κ1) is 22.9. The van der Waals surface area contributed by atoms with Gasteiger partial charge in [0.1, 0.15) is 0 Å². The van der Waals surface area contributed by atoms with Crippen molar-refractivity contribution in [2.24, 2.45) is 0 Å². The van der Waals surface area contributed by atoms with E-state index in [2.05, 4.69) is 34.6 Å². The predicted molar refractivity (Wildman–Crippen MR) is 148 cm³/mol. The molecule has 4 aromatic carbocycles. The second kappa shape index (κ2) is 9.15. The van der Waals surface area contributed by atoms with E-state index in [1.165, 1.54) is 0 Å². The third-order valence-corrected chi connectivity index (χ3v) is 7.02. The predicted octanol–water partition coefficient (Wildman–Crippen LogP) is 6.12. The molecule has 1 amide bonds. The van der Waals surface area contributed by atoms with E-state index in [1.54, 1.807) is 25.2 Å². The van der Waals surface area contributed by atoms with Crippen LogP contribution in [0.1, 0.15) is 15.9 Å². The number of nitrogens with zero attached hydrogens (tertiary/aromatic N) is 2. The minimum atomic E-state index is -0.168. The van der Waals surface area contributed by atoms with Crippen LogP contribution in [0.2, 0.25) is 5.02 Å². The zero-order valence-electron chi connectivity index (χ0n) is 20.1. The number of fused-ring (bicyclic) bond motifs is 2. The average molecular weight is 506 g/mol. The minimum Gasteiger partial charge on any atom is -0.361 e. The molecule has 0 saturated heterocycles. The van der Waals surface area contributed by atoms with Gasteiger partial charge in [0, 0.05) is 40.4 Å². The van der Waals surface area contributed by atoms with Gasteiger partial charge in [0.05, 0.1) is 17.6 Å². The van der Waals surface area contributed by atoms with Gasteiger partial charge in [-0.05, 0) is 71.3 Å². The lowest BCUT2D eigenvalue weighted by molar-refractivity contribution is 0.0963. The number of hydrogen-bond donors (Lipinski definition) is 3. The number of benzene rings is 4. The van der Waals surface area contributed by atoms with Crippen molar-refractivity contribution in [1.29, 1.82) is 5.41 Å². The van der Waals surface area contributed by atoms with Gasteiger partial charge in [-0.2, -0.15) is 0 Å². The summed E-state index contributed by atoms with van der Waals surface area (Å²) < 4.78 is 3.99. The number of rotatable bonds is 5. The Bertz CT molecular complexity index is 1840. The van der Waals surface area contributed by atoms with Crippen LogP contribution in [0.5, 0.6) is 0 Å². The van der Waals surface area contributed by atoms with Gasteiger partial charge >= 0.3 is 0 Å². The number of para-hydroxylation sites is 2. The Hall–Kier alpha value is -4.55. The summed E-state index contributed by atoms with van der Waals surface area (Å²) >= 11 is 6.26. The molecular weight excluding hydrogens is 482 g/mol. The van der Waals surface area contributed by atoms with Gasteiger partial charge in [0.25, 0.3) is 5.91 Å². The fourth-order valence-electron chi connectivity index (χ4n) is 4.99. The fraction of sp³-hybridized carbons (Fsp3) is 0.0667. The van der Waals surface area contributed by atoms with Gasteiger partial charge in [0.15, 0.2) is 0 Å². The highest BCUT2D eigenvalue weighted by Gasteiger charge is 2.16. The van der Waals surface area contributed by atoms with Crippen LogP contribution in [-0.4, -0.2) is 27.1 Å². The highest BCUT2D eigenvalue weighted by atomic mass is 35.5. The van der Waals surface area contributed by atoms with Crippen LogP contribution in [0.15, 0.2) is 97.2 Å². The molecule has 6 rings (SSSR count). The van der Waals surface area contributed by atoms with Crippen molar-refractivity contribution < 1.29 is 4.79 Å². The zero-order chi connectivity index (χ0) is 25.5. The highest BCUT2D eigenvalue weighted by molar-refractivity contribution is 6.31.